The van der Waals surface area contributed by atoms with Crippen LogP contribution < -0.4 is 45.0 Å². The van der Waals surface area contributed by atoms with E-state index in [1.807, 2.05) is 58.1 Å². The van der Waals surface area contributed by atoms with Crippen LogP contribution in [0.2, 0.25) is 58.9 Å². The molecule has 0 amide bonds. The molecule has 544 valence electrons. The number of methoxy groups -OCH3 is 1. The van der Waals surface area contributed by atoms with Gasteiger partial charge in [0.15, 0.2) is 36.3 Å². The maximum atomic E-state index is 14.3. The summed E-state index contributed by atoms with van der Waals surface area (Å²) in [5.74, 6) is 3.41. The Bertz CT molecular complexity index is 4290. The quantitative estimate of drug-likeness (QED) is 0.0373. The van der Waals surface area contributed by atoms with Crippen LogP contribution in [-0.2, 0) is 42.8 Å². The number of aromatic amines is 4. The fraction of sp³-hybridized carbons (Fsp3) is 0.621. The van der Waals surface area contributed by atoms with Gasteiger partial charge in [0, 0.05) is 66.8 Å². The number of aromatic nitrogens is 8. The minimum atomic E-state index is -2.07. The Labute approximate surface area is 571 Å². The second-order valence-corrected chi connectivity index (χ2v) is 42.3. The first-order valence-corrected chi connectivity index (χ1v) is 42.8. The highest BCUT2D eigenvalue weighted by molar-refractivity contribution is 6.84. The molecule has 4 aliphatic rings. The van der Waals surface area contributed by atoms with Crippen LogP contribution in [0.15, 0.2) is 87.4 Å². The highest BCUT2D eigenvalue weighted by atomic mass is 28.3. The number of halogens is 4. The average Bonchev–Trinajstić information content (AvgIpc) is 1.53. The smallest absolute Gasteiger partial charge is 0.419 e. The van der Waals surface area contributed by atoms with Crippen LogP contribution in [0.25, 0.3) is 0 Å². The van der Waals surface area contributed by atoms with E-state index in [0.29, 0.717) is 19.3 Å². The van der Waals surface area contributed by atoms with Crippen molar-refractivity contribution in [1.82, 2.24) is 38.2 Å². The van der Waals surface area contributed by atoms with Crippen molar-refractivity contribution in [1.29, 1.82) is 0 Å². The molecular formula is C66H92F4N8O18Si3. The van der Waals surface area contributed by atoms with Gasteiger partial charge >= 0.3 is 34.7 Å². The second-order valence-electron chi connectivity index (χ2n) is 28.1. The average molecular weight is 1450 g/mol. The largest absolute Gasteiger partial charge is 0.461 e. The molecule has 0 aliphatic carbocycles. The van der Waals surface area contributed by atoms with Crippen molar-refractivity contribution >= 4 is 41.9 Å². The maximum absolute atomic E-state index is 14.3. The van der Waals surface area contributed by atoms with Gasteiger partial charge in [0.2, 0.25) is 5.60 Å². The van der Waals surface area contributed by atoms with Crippen LogP contribution in [0, 0.1) is 64.0 Å². The number of carbonyl (C=O) groups is 3. The topological polar surface area (TPSA) is 346 Å². The third kappa shape index (κ3) is 17.7. The molecule has 0 aromatic carbocycles. The summed E-state index contributed by atoms with van der Waals surface area (Å²) in [4.78, 5) is 139. The fourth-order valence-electron chi connectivity index (χ4n) is 11.7. The summed E-state index contributed by atoms with van der Waals surface area (Å²) in [6, 6.07) is 4.61. The van der Waals surface area contributed by atoms with Crippen molar-refractivity contribution in [3.8, 4) is 34.4 Å². The van der Waals surface area contributed by atoms with Crippen LogP contribution >= 0.6 is 0 Å². The van der Waals surface area contributed by atoms with E-state index in [2.05, 4.69) is 73.7 Å². The van der Waals surface area contributed by atoms with Crippen LogP contribution in [0.3, 0.4) is 0 Å². The fourth-order valence-corrected chi connectivity index (χ4v) is 13.5. The van der Waals surface area contributed by atoms with Gasteiger partial charge in [0.25, 0.3) is 22.2 Å². The summed E-state index contributed by atoms with van der Waals surface area (Å²) in [6.45, 7) is 28.9. The molecule has 0 saturated carbocycles. The SMILES string of the molecule is CC[C@@]1(CF)O[C@@H](n2ccc(=O)[nH]c2=O)C(=O)[C@@H]1C.CC[C@@]1(CF)O[C@@H](n2ccc(=O)[nH]c2=O)[C@@H](C#C[Si](C)(C)C)[C@@H]1C.CC[C@@]1(CF)O[C@@H](n2ccc(=O)[nH]c2=O)[C@@](C#C[Si](C)(C)C)(OC(=O)C(=O)OC)[C@@H]1C.CC[C@@]1(CF)O[C@@H](n2ccc(=O)[nH]c2=O)[C@](O)(C#C[Si](C)(C)C)[C@@H]1C. The van der Waals surface area contributed by atoms with Crippen molar-refractivity contribution in [2.24, 2.45) is 29.6 Å². The summed E-state index contributed by atoms with van der Waals surface area (Å²) < 4.78 is 92.9. The Morgan fingerprint density at radius 2 is 0.899 bits per heavy atom. The molecule has 0 bridgehead atoms. The molecule has 0 spiro atoms. The van der Waals surface area contributed by atoms with Gasteiger partial charge in [-0.3, -0.25) is 62.2 Å². The third-order valence-corrected chi connectivity index (χ3v) is 21.0. The number of hydrogen-bond donors (Lipinski definition) is 5. The number of esters is 2. The number of H-pyrrole nitrogens is 4. The Morgan fingerprint density at radius 3 is 1.28 bits per heavy atom. The predicted octanol–water partition coefficient (Wildman–Crippen LogP) is 5.29. The van der Waals surface area contributed by atoms with Crippen molar-refractivity contribution in [3.05, 3.63) is 132 Å². The summed E-state index contributed by atoms with van der Waals surface area (Å²) in [7, 11) is -4.52. The maximum Gasteiger partial charge on any atom is 0.419 e. The summed E-state index contributed by atoms with van der Waals surface area (Å²) in [6.07, 6.45) is 1.76. The molecule has 99 heavy (non-hydrogen) atoms. The van der Waals surface area contributed by atoms with E-state index in [0.717, 1.165) is 45.2 Å². The van der Waals surface area contributed by atoms with Crippen LogP contribution in [0.5, 0.6) is 0 Å². The van der Waals surface area contributed by atoms with Crippen molar-refractivity contribution in [2.75, 3.05) is 33.8 Å². The van der Waals surface area contributed by atoms with Gasteiger partial charge in [0.1, 0.15) is 73.3 Å². The van der Waals surface area contributed by atoms with E-state index in [9.17, 15) is 75.4 Å². The zero-order chi connectivity index (χ0) is 75.0. The highest BCUT2D eigenvalue weighted by Gasteiger charge is 2.66. The van der Waals surface area contributed by atoms with Crippen LogP contribution in [0.4, 0.5) is 17.6 Å². The number of alkyl halides is 4. The summed E-state index contributed by atoms with van der Waals surface area (Å²) >= 11 is 0. The van der Waals surface area contributed by atoms with Gasteiger partial charge in [-0.1, -0.05) is 126 Å². The molecule has 8 heterocycles. The lowest BCUT2D eigenvalue weighted by Gasteiger charge is -2.34. The molecule has 0 radical (unpaired) electrons. The number of ether oxygens (including phenoxy) is 6. The minimum absolute atomic E-state index is 0.167. The lowest BCUT2D eigenvalue weighted by Crippen LogP contribution is -2.50. The first kappa shape index (κ1) is 81.9. The van der Waals surface area contributed by atoms with E-state index in [1.165, 1.54) is 29.2 Å². The van der Waals surface area contributed by atoms with Gasteiger partial charge < -0.3 is 33.5 Å². The van der Waals surface area contributed by atoms with E-state index in [-0.39, 0.29) is 24.0 Å². The second kappa shape index (κ2) is 31.8. The van der Waals surface area contributed by atoms with Gasteiger partial charge in [-0.25, -0.2) is 46.3 Å². The van der Waals surface area contributed by atoms with E-state index in [4.69, 9.17) is 23.7 Å². The highest BCUT2D eigenvalue weighted by Crippen LogP contribution is 2.53. The van der Waals surface area contributed by atoms with Crippen LogP contribution in [-0.4, -0.2) is 153 Å². The number of rotatable bonds is 13. The molecule has 4 aromatic heterocycles. The molecule has 5 N–H and O–H groups in total. The molecule has 33 heteroatoms. The standard InChI is InChI=1S/C20H27FN2O7Si.C17H25FN2O4Si.C17H25FN2O3Si.C12H15FN2O4/c1-7-19(12-21)13(2)20(9-11-31(4,5)6,29-16(26)15(25)28-3)17(30-19)23-10-8-14(24)22-18(23)27;1-6-16(11-18)12(2)17(23,8-10-25(3,4)5)14(24-16)20-9-7-13(21)19-15(20)22;1-6-17(11-18)12(2)13(8-10-24(3,4)5)15(23-17)20-9-7-14(21)19-16(20)22;1-3-12(6-13)7(2)9(17)10(19-12)15-5-4-8(16)14-11(15)18/h8,10,13,17H,7,12H2,1-6H3,(H,22,24,27);7,9,12,14,23H,6,11H2,1-5H3,(H,19,21,22);7,9,12-13,15H,6,11H2,1-5H3,(H,19,21,22);4-5,7,10H,3,6H2,1-2H3,(H,14,16,18)/t13-,17-,19+,20+;12-,14-,16+,17+;12-,13-,15+,17-;7-,10+,12-/m1100/s1. The Kier molecular flexibility index (Phi) is 26.3. The summed E-state index contributed by atoms with van der Waals surface area (Å²) in [5, 5.41) is 11.3. The van der Waals surface area contributed by atoms with E-state index < -0.39 is 184 Å². The predicted molar refractivity (Wildman–Crippen MR) is 366 cm³/mol. The van der Waals surface area contributed by atoms with Gasteiger partial charge in [-0.15, -0.1) is 22.6 Å². The minimum Gasteiger partial charge on any atom is -0.461 e. The first-order valence-electron chi connectivity index (χ1n) is 32.3. The molecule has 4 aliphatic heterocycles. The number of nitrogens with one attached hydrogen (secondary N) is 4. The normalized spacial score (nSPS) is 30.1. The Hall–Kier alpha value is -7.82. The number of aliphatic hydroxyl groups is 1. The molecule has 4 fully saturated rings. The first-order chi connectivity index (χ1) is 45.9. The van der Waals surface area contributed by atoms with Crippen LogP contribution in [0.1, 0.15) is 106 Å². The molecule has 26 nitrogen and oxygen atoms in total. The number of Topliss-reactive ketones (excluding diaryl/α,β-unsaturated/α-hetero) is 1. The summed E-state index contributed by atoms with van der Waals surface area (Å²) in [5.41, 5.74) is -4.15. The number of carbonyl (C=O) groups excluding carboxylic acids is 3. The zero-order valence-electron chi connectivity index (χ0n) is 59.2. The molecule has 4 saturated heterocycles. The van der Waals surface area contributed by atoms with E-state index in [1.54, 1.807) is 41.5 Å². The number of ketones is 1. The lowest BCUT2D eigenvalue weighted by molar-refractivity contribution is -0.181. The van der Waals surface area contributed by atoms with Crippen molar-refractivity contribution in [3.63, 3.8) is 0 Å². The van der Waals surface area contributed by atoms with Crippen molar-refractivity contribution in [2.45, 2.75) is 199 Å². The van der Waals surface area contributed by atoms with E-state index >= 15 is 0 Å². The van der Waals surface area contributed by atoms with Crippen molar-refractivity contribution < 1.29 is 65.5 Å². The zero-order valence-corrected chi connectivity index (χ0v) is 62.2. The number of hydrogen-bond acceptors (Lipinski definition) is 18. The molecule has 8 rings (SSSR count). The Morgan fingerprint density at radius 1 is 0.515 bits per heavy atom. The molecular weight excluding hydrogens is 1350 g/mol. The monoisotopic (exact) mass is 1440 g/mol. The molecule has 15 atom stereocenters. The van der Waals surface area contributed by atoms with Gasteiger partial charge in [-0.2, -0.15) is 0 Å². The molecule has 4 aromatic rings. The number of nitrogens with zero attached hydrogens (tertiary/aromatic N) is 4. The third-order valence-electron chi connectivity index (χ3n) is 18.4. The molecule has 0 unspecified atom stereocenters. The Balaban J connectivity index is 0.000000241. The van der Waals surface area contributed by atoms with Gasteiger partial charge in [-0.05, 0) is 25.7 Å². The van der Waals surface area contributed by atoms with Gasteiger partial charge in [0.05, 0.1) is 18.9 Å². The lowest BCUT2D eigenvalue weighted by atomic mass is 9.78.